The lowest BCUT2D eigenvalue weighted by molar-refractivity contribution is -0.149. The van der Waals surface area contributed by atoms with Crippen molar-refractivity contribution in [3.8, 4) is 16.9 Å². The number of fused-ring (bicyclic) bond motifs is 1. The van der Waals surface area contributed by atoms with Gasteiger partial charge in [-0.3, -0.25) is 4.79 Å². The van der Waals surface area contributed by atoms with Gasteiger partial charge in [0.05, 0.1) is 6.61 Å². The molecule has 0 radical (unpaired) electrons. The van der Waals surface area contributed by atoms with Crippen LogP contribution in [0.1, 0.15) is 49.5 Å². The minimum Gasteiger partial charge on any atom is -0.464 e. The van der Waals surface area contributed by atoms with Crippen LogP contribution < -0.4 is 4.74 Å². The summed E-state index contributed by atoms with van der Waals surface area (Å²) < 4.78 is 17.8. The molecule has 0 saturated carbocycles. The van der Waals surface area contributed by atoms with Crippen molar-refractivity contribution in [2.24, 2.45) is 5.92 Å². The molecule has 1 unspecified atom stereocenters. The van der Waals surface area contributed by atoms with E-state index in [1.165, 1.54) is 0 Å². The maximum atomic E-state index is 12.3. The van der Waals surface area contributed by atoms with Gasteiger partial charge < -0.3 is 24.0 Å². The van der Waals surface area contributed by atoms with E-state index >= 15 is 0 Å². The lowest BCUT2D eigenvalue weighted by Crippen LogP contribution is -2.45. The highest BCUT2D eigenvalue weighted by molar-refractivity contribution is 5.94. The van der Waals surface area contributed by atoms with Gasteiger partial charge in [-0.2, -0.15) is 0 Å². The molecule has 4 rings (SSSR count). The largest absolute Gasteiger partial charge is 0.464 e. The van der Waals surface area contributed by atoms with Crippen molar-refractivity contribution in [2.75, 3.05) is 27.2 Å². The molecule has 1 atom stereocenters. The van der Waals surface area contributed by atoms with Crippen molar-refractivity contribution in [2.45, 2.75) is 52.1 Å². The van der Waals surface area contributed by atoms with Crippen LogP contribution in [0.2, 0.25) is 0 Å². The molecule has 0 bridgehead atoms. The number of carbonyl (C=O) groups is 2. The molecule has 34 heavy (non-hydrogen) atoms. The number of rotatable bonds is 3. The highest BCUT2D eigenvalue weighted by Crippen LogP contribution is 2.35. The fourth-order valence-electron chi connectivity index (χ4n) is 4.29. The third kappa shape index (κ3) is 5.53. The zero-order chi connectivity index (χ0) is 24.5. The molecule has 2 amide bonds. The number of ether oxygens (including phenoxy) is 3. The van der Waals surface area contributed by atoms with Crippen molar-refractivity contribution >= 4 is 12.0 Å². The van der Waals surface area contributed by atoms with Crippen LogP contribution in [-0.2, 0) is 16.1 Å². The van der Waals surface area contributed by atoms with Gasteiger partial charge in [-0.25, -0.2) is 4.79 Å². The van der Waals surface area contributed by atoms with Gasteiger partial charge in [-0.15, -0.1) is 0 Å². The fourth-order valence-corrected chi connectivity index (χ4v) is 4.29. The second kappa shape index (κ2) is 9.66. The Bertz CT molecular complexity index is 1030. The summed E-state index contributed by atoms with van der Waals surface area (Å²) in [7, 11) is 3.49. The molecule has 7 heteroatoms. The van der Waals surface area contributed by atoms with Gasteiger partial charge in [0.1, 0.15) is 11.4 Å². The average molecular weight is 467 g/mol. The standard InChI is InChI=1S/C27H34N2O5/c1-27(2,3)34-26(31)29-14-12-20(13-15-29)25-32-17-22-16-21(10-11-23(22)33-25)18-6-8-19(9-7-18)24(30)28(4)5/h6-11,16,20,25H,12-15,17H2,1-5H3. The predicted molar refractivity (Wildman–Crippen MR) is 130 cm³/mol. The molecule has 7 nitrogen and oxygen atoms in total. The summed E-state index contributed by atoms with van der Waals surface area (Å²) in [5.74, 6) is 1.06. The summed E-state index contributed by atoms with van der Waals surface area (Å²) in [6, 6.07) is 13.7. The molecule has 0 aliphatic carbocycles. The van der Waals surface area contributed by atoms with E-state index in [1.54, 1.807) is 23.9 Å². The Morgan fingerprint density at radius 2 is 1.65 bits per heavy atom. The summed E-state index contributed by atoms with van der Waals surface area (Å²) >= 11 is 0. The Labute approximate surface area is 201 Å². The predicted octanol–water partition coefficient (Wildman–Crippen LogP) is 4.94. The lowest BCUT2D eigenvalue weighted by Gasteiger charge is -2.38. The van der Waals surface area contributed by atoms with Crippen molar-refractivity contribution < 1.29 is 23.8 Å². The first-order valence-electron chi connectivity index (χ1n) is 11.8. The summed E-state index contributed by atoms with van der Waals surface area (Å²) in [6.45, 7) is 7.40. The fraction of sp³-hybridized carbons (Fsp3) is 0.481. The van der Waals surface area contributed by atoms with Crippen molar-refractivity contribution in [1.82, 2.24) is 9.80 Å². The molecule has 1 saturated heterocycles. The highest BCUT2D eigenvalue weighted by Gasteiger charge is 2.34. The SMILES string of the molecule is CN(C)C(=O)c1ccc(-c2ccc3c(c2)COC(C2CCN(C(=O)OC(C)(C)C)CC2)O3)cc1. The Morgan fingerprint density at radius 3 is 2.26 bits per heavy atom. The van der Waals surface area contributed by atoms with Crippen LogP contribution in [0.15, 0.2) is 42.5 Å². The normalized spacial score (nSPS) is 18.6. The van der Waals surface area contributed by atoms with Crippen molar-refractivity contribution in [3.63, 3.8) is 0 Å². The molecule has 0 aromatic heterocycles. The molecule has 1 fully saturated rings. The van der Waals surface area contributed by atoms with E-state index in [1.807, 2.05) is 57.2 Å². The molecular weight excluding hydrogens is 432 g/mol. The summed E-state index contributed by atoms with van der Waals surface area (Å²) in [6.07, 6.45) is 1.06. The van der Waals surface area contributed by atoms with Gasteiger partial charge in [-0.1, -0.05) is 18.2 Å². The van der Waals surface area contributed by atoms with E-state index in [0.29, 0.717) is 25.3 Å². The smallest absolute Gasteiger partial charge is 0.410 e. The number of piperidine rings is 1. The number of amides is 2. The van der Waals surface area contributed by atoms with E-state index in [4.69, 9.17) is 14.2 Å². The third-order valence-corrected chi connectivity index (χ3v) is 6.15. The van der Waals surface area contributed by atoms with E-state index in [2.05, 4.69) is 6.07 Å². The van der Waals surface area contributed by atoms with E-state index in [-0.39, 0.29) is 24.2 Å². The zero-order valence-electron chi connectivity index (χ0n) is 20.7. The van der Waals surface area contributed by atoms with Crippen molar-refractivity contribution in [1.29, 1.82) is 0 Å². The summed E-state index contributed by atoms with van der Waals surface area (Å²) in [5, 5.41) is 0. The Hall–Kier alpha value is -3.06. The minimum atomic E-state index is -0.488. The maximum Gasteiger partial charge on any atom is 0.410 e. The number of carbonyl (C=O) groups excluding carboxylic acids is 2. The van der Waals surface area contributed by atoms with E-state index in [0.717, 1.165) is 35.3 Å². The van der Waals surface area contributed by atoms with Crippen LogP contribution in [0.5, 0.6) is 5.75 Å². The Morgan fingerprint density at radius 1 is 1.00 bits per heavy atom. The van der Waals surface area contributed by atoms with Crippen LogP contribution in [-0.4, -0.2) is 60.9 Å². The van der Waals surface area contributed by atoms with Gasteiger partial charge in [0.15, 0.2) is 0 Å². The minimum absolute atomic E-state index is 0.0123. The monoisotopic (exact) mass is 466 g/mol. The van der Waals surface area contributed by atoms with Crippen LogP contribution in [0, 0.1) is 5.92 Å². The number of nitrogens with zero attached hydrogens (tertiary/aromatic N) is 2. The Balaban J connectivity index is 1.36. The van der Waals surface area contributed by atoms with Gasteiger partial charge >= 0.3 is 6.09 Å². The zero-order valence-corrected chi connectivity index (χ0v) is 20.7. The first-order chi connectivity index (χ1) is 16.1. The molecule has 2 aromatic carbocycles. The summed E-state index contributed by atoms with van der Waals surface area (Å²) in [5.41, 5.74) is 3.28. The number of benzene rings is 2. The first kappa shape index (κ1) is 24.1. The number of likely N-dealkylation sites (tertiary alicyclic amines) is 1. The van der Waals surface area contributed by atoms with E-state index in [9.17, 15) is 9.59 Å². The molecule has 0 spiro atoms. The van der Waals surface area contributed by atoms with Crippen molar-refractivity contribution in [3.05, 3.63) is 53.6 Å². The van der Waals surface area contributed by atoms with Crippen LogP contribution in [0.4, 0.5) is 4.79 Å². The maximum absolute atomic E-state index is 12.3. The van der Waals surface area contributed by atoms with Gasteiger partial charge in [0, 0.05) is 44.2 Å². The van der Waals surface area contributed by atoms with Gasteiger partial charge in [0.25, 0.3) is 5.91 Å². The first-order valence-corrected chi connectivity index (χ1v) is 11.8. The molecular formula is C27H34N2O5. The molecule has 2 aliphatic rings. The molecule has 0 N–H and O–H groups in total. The molecule has 2 heterocycles. The second-order valence-electron chi connectivity index (χ2n) is 10.2. The molecule has 2 aliphatic heterocycles. The van der Waals surface area contributed by atoms with E-state index < -0.39 is 5.60 Å². The second-order valence-corrected chi connectivity index (χ2v) is 10.2. The molecule has 182 valence electrons. The summed E-state index contributed by atoms with van der Waals surface area (Å²) in [4.78, 5) is 27.8. The van der Waals surface area contributed by atoms with Crippen LogP contribution in [0.3, 0.4) is 0 Å². The third-order valence-electron chi connectivity index (χ3n) is 6.15. The van der Waals surface area contributed by atoms with Gasteiger partial charge in [0.2, 0.25) is 6.29 Å². The highest BCUT2D eigenvalue weighted by atomic mass is 16.7. The average Bonchev–Trinajstić information content (AvgIpc) is 2.82. The number of hydrogen-bond donors (Lipinski definition) is 0. The van der Waals surface area contributed by atoms with Crippen LogP contribution in [0.25, 0.3) is 11.1 Å². The Kier molecular flexibility index (Phi) is 6.84. The lowest BCUT2D eigenvalue weighted by atomic mass is 9.95. The topological polar surface area (TPSA) is 68.3 Å². The molecule has 2 aromatic rings. The van der Waals surface area contributed by atoms with Crippen LogP contribution >= 0.6 is 0 Å². The van der Waals surface area contributed by atoms with Gasteiger partial charge in [-0.05, 0) is 69.0 Å². The number of hydrogen-bond acceptors (Lipinski definition) is 5. The quantitative estimate of drug-likeness (QED) is 0.641.